The van der Waals surface area contributed by atoms with Gasteiger partial charge in [-0.3, -0.25) is 4.90 Å². The van der Waals surface area contributed by atoms with Crippen LogP contribution < -0.4 is 14.8 Å². The van der Waals surface area contributed by atoms with Crippen LogP contribution in [-0.4, -0.2) is 50.4 Å². The van der Waals surface area contributed by atoms with E-state index in [9.17, 15) is 13.6 Å². The zero-order valence-electron chi connectivity index (χ0n) is 19.7. The summed E-state index contributed by atoms with van der Waals surface area (Å²) in [6, 6.07) is 6.99. The molecule has 2 aromatic rings. The first kappa shape index (κ1) is 22.9. The van der Waals surface area contributed by atoms with Gasteiger partial charge in [-0.1, -0.05) is 26.0 Å². The van der Waals surface area contributed by atoms with Gasteiger partial charge in [0.15, 0.2) is 11.6 Å². The number of benzene rings is 2. The number of alkyl carbamates (subject to hydrolysis) is 1. The Bertz CT molecular complexity index is 1100. The van der Waals surface area contributed by atoms with E-state index in [1.54, 1.807) is 18.2 Å². The van der Waals surface area contributed by atoms with Crippen LogP contribution in [0.5, 0.6) is 11.5 Å². The van der Waals surface area contributed by atoms with Gasteiger partial charge >= 0.3 is 6.09 Å². The van der Waals surface area contributed by atoms with E-state index in [1.165, 1.54) is 7.11 Å². The molecule has 0 spiro atoms. The van der Waals surface area contributed by atoms with Crippen LogP contribution in [0.25, 0.3) is 11.1 Å². The summed E-state index contributed by atoms with van der Waals surface area (Å²) >= 11 is 0. The molecule has 0 saturated carbocycles. The van der Waals surface area contributed by atoms with Crippen molar-refractivity contribution < 1.29 is 27.8 Å². The van der Waals surface area contributed by atoms with Crippen molar-refractivity contribution in [1.82, 2.24) is 10.2 Å². The Balaban J connectivity index is 1.38. The van der Waals surface area contributed by atoms with E-state index in [2.05, 4.69) is 10.2 Å². The molecule has 6 rings (SSSR count). The number of hydrogen-bond acceptors (Lipinski definition) is 5. The molecule has 8 heteroatoms. The molecule has 3 saturated heterocycles. The molecule has 0 aliphatic carbocycles. The second kappa shape index (κ2) is 8.73. The number of hydrogen-bond donors (Lipinski definition) is 1. The van der Waals surface area contributed by atoms with Crippen LogP contribution in [0.15, 0.2) is 30.3 Å². The number of nitrogens with one attached hydrogen (secondary N) is 1. The normalized spacial score (nSPS) is 26.9. The molecule has 6 nitrogen and oxygen atoms in total. The molecule has 1 N–H and O–H groups in total. The molecule has 2 bridgehead atoms. The molecule has 4 heterocycles. The van der Waals surface area contributed by atoms with Crippen molar-refractivity contribution in [1.29, 1.82) is 0 Å². The fourth-order valence-corrected chi connectivity index (χ4v) is 5.35. The van der Waals surface area contributed by atoms with Gasteiger partial charge in [0.1, 0.15) is 17.7 Å². The molecule has 0 radical (unpaired) electrons. The van der Waals surface area contributed by atoms with Crippen molar-refractivity contribution in [2.24, 2.45) is 11.3 Å². The average Bonchev–Trinajstić information content (AvgIpc) is 2.82. The van der Waals surface area contributed by atoms with Crippen molar-refractivity contribution in [2.75, 3.05) is 33.4 Å². The van der Waals surface area contributed by atoms with Crippen LogP contribution in [0.2, 0.25) is 0 Å². The number of fused-ring (bicyclic) bond motifs is 4. The molecule has 1 amide bonds. The minimum atomic E-state index is -0.645. The largest absolute Gasteiger partial charge is 0.494 e. The van der Waals surface area contributed by atoms with Crippen molar-refractivity contribution in [3.05, 3.63) is 47.5 Å². The van der Waals surface area contributed by atoms with Crippen molar-refractivity contribution in [3.63, 3.8) is 0 Å². The highest BCUT2D eigenvalue weighted by Crippen LogP contribution is 2.44. The standard InChI is InChI=1S/C26H30F2N2O4/c1-26(2)14-33-21-10-16(18-11-20(28)22(32-3)12-19(18)27)4-5-17(21)24(26)29-25(31)34-23-13-30-8-6-15(23)7-9-30/h4-5,10-12,15,23-24H,6-9,13-14H2,1-3H3,(H,29,31)/t23-,24?/m0/s1. The summed E-state index contributed by atoms with van der Waals surface area (Å²) in [5.74, 6) is -0.435. The number of halogens is 2. The first-order chi connectivity index (χ1) is 16.2. The highest BCUT2D eigenvalue weighted by Gasteiger charge is 2.41. The fourth-order valence-electron chi connectivity index (χ4n) is 5.35. The molecular weight excluding hydrogens is 442 g/mol. The van der Waals surface area contributed by atoms with Crippen molar-refractivity contribution in [2.45, 2.75) is 38.8 Å². The van der Waals surface area contributed by atoms with E-state index >= 15 is 0 Å². The summed E-state index contributed by atoms with van der Waals surface area (Å²) < 4.78 is 45.5. The molecule has 2 aromatic carbocycles. The van der Waals surface area contributed by atoms with Gasteiger partial charge in [0.25, 0.3) is 0 Å². The minimum absolute atomic E-state index is 0.0831. The first-order valence-electron chi connectivity index (χ1n) is 11.7. The lowest BCUT2D eigenvalue weighted by atomic mass is 9.78. The first-order valence-corrected chi connectivity index (χ1v) is 11.7. The third-order valence-electron chi connectivity index (χ3n) is 7.37. The minimum Gasteiger partial charge on any atom is -0.494 e. The van der Waals surface area contributed by atoms with E-state index in [-0.39, 0.29) is 28.9 Å². The number of ether oxygens (including phenoxy) is 3. The van der Waals surface area contributed by atoms with Crippen LogP contribution in [-0.2, 0) is 4.74 Å². The van der Waals surface area contributed by atoms with E-state index in [4.69, 9.17) is 14.2 Å². The topological polar surface area (TPSA) is 60.0 Å². The highest BCUT2D eigenvalue weighted by molar-refractivity contribution is 5.71. The van der Waals surface area contributed by atoms with E-state index in [0.29, 0.717) is 23.8 Å². The predicted molar refractivity (Wildman–Crippen MR) is 123 cm³/mol. The maximum absolute atomic E-state index is 14.6. The second-order valence-electron chi connectivity index (χ2n) is 10.2. The molecular formula is C26H30F2N2O4. The van der Waals surface area contributed by atoms with Gasteiger partial charge in [-0.15, -0.1) is 0 Å². The Morgan fingerprint density at radius 2 is 1.91 bits per heavy atom. The Kier molecular flexibility index (Phi) is 5.88. The van der Waals surface area contributed by atoms with Gasteiger partial charge in [0.05, 0.1) is 19.8 Å². The van der Waals surface area contributed by atoms with Gasteiger partial charge < -0.3 is 19.5 Å². The maximum Gasteiger partial charge on any atom is 0.407 e. The number of rotatable bonds is 4. The second-order valence-corrected chi connectivity index (χ2v) is 10.2. The number of nitrogens with zero attached hydrogens (tertiary/aromatic N) is 1. The van der Waals surface area contributed by atoms with Crippen LogP contribution in [0.4, 0.5) is 13.6 Å². The SMILES string of the molecule is COc1cc(F)c(-c2ccc3c(c2)OCC(C)(C)C3NC(=O)O[C@H]2CN3CCC2CC3)cc1F. The van der Waals surface area contributed by atoms with Gasteiger partial charge in [0.2, 0.25) is 0 Å². The number of carbonyl (C=O) groups excluding carboxylic acids is 1. The number of methoxy groups -OCH3 is 1. The predicted octanol–water partition coefficient (Wildman–Crippen LogP) is 4.92. The maximum atomic E-state index is 14.6. The number of amides is 1. The van der Waals surface area contributed by atoms with Gasteiger partial charge in [-0.25, -0.2) is 13.6 Å². The van der Waals surface area contributed by atoms with Gasteiger partial charge in [-0.05, 0) is 49.5 Å². The number of piperidine rings is 3. The zero-order chi connectivity index (χ0) is 24.0. The smallest absolute Gasteiger partial charge is 0.407 e. The van der Waals surface area contributed by atoms with E-state index < -0.39 is 17.7 Å². The summed E-state index contributed by atoms with van der Waals surface area (Å²) in [6.45, 7) is 7.33. The number of carbonyl (C=O) groups is 1. The molecule has 1 unspecified atom stereocenters. The Morgan fingerprint density at radius 1 is 1.15 bits per heavy atom. The van der Waals surface area contributed by atoms with E-state index in [1.807, 2.05) is 13.8 Å². The van der Waals surface area contributed by atoms with Gasteiger partial charge in [-0.2, -0.15) is 0 Å². The van der Waals surface area contributed by atoms with Crippen molar-refractivity contribution in [3.8, 4) is 22.6 Å². The van der Waals surface area contributed by atoms with Crippen LogP contribution in [0, 0.1) is 23.0 Å². The zero-order valence-corrected chi connectivity index (χ0v) is 19.7. The lowest BCUT2D eigenvalue weighted by Crippen LogP contribution is -2.53. The fraction of sp³-hybridized carbons (Fsp3) is 0.500. The molecule has 3 fully saturated rings. The lowest BCUT2D eigenvalue weighted by Gasteiger charge is -2.44. The summed E-state index contributed by atoms with van der Waals surface area (Å²) in [4.78, 5) is 15.2. The molecule has 0 aromatic heterocycles. The summed E-state index contributed by atoms with van der Waals surface area (Å²) in [5.41, 5.74) is 0.979. The molecule has 4 aliphatic rings. The lowest BCUT2D eigenvalue weighted by molar-refractivity contribution is -0.0361. The Morgan fingerprint density at radius 3 is 2.59 bits per heavy atom. The summed E-state index contributed by atoms with van der Waals surface area (Å²) in [6.07, 6.45) is 1.61. The third kappa shape index (κ3) is 4.19. The van der Waals surface area contributed by atoms with Crippen LogP contribution in [0.3, 0.4) is 0 Å². The monoisotopic (exact) mass is 472 g/mol. The quantitative estimate of drug-likeness (QED) is 0.685. The van der Waals surface area contributed by atoms with E-state index in [0.717, 1.165) is 50.2 Å². The Hall–Kier alpha value is -2.87. The Labute approximate surface area is 198 Å². The summed E-state index contributed by atoms with van der Waals surface area (Å²) in [7, 11) is 1.29. The molecule has 34 heavy (non-hydrogen) atoms. The van der Waals surface area contributed by atoms with Crippen molar-refractivity contribution >= 4 is 6.09 Å². The van der Waals surface area contributed by atoms with Crippen LogP contribution in [0.1, 0.15) is 38.3 Å². The van der Waals surface area contributed by atoms with Crippen LogP contribution >= 0.6 is 0 Å². The molecule has 2 atom stereocenters. The molecule has 4 aliphatic heterocycles. The van der Waals surface area contributed by atoms with Gasteiger partial charge in [0, 0.05) is 29.2 Å². The molecule has 182 valence electrons. The average molecular weight is 473 g/mol. The third-order valence-corrected chi connectivity index (χ3v) is 7.37. The summed E-state index contributed by atoms with van der Waals surface area (Å²) in [5, 5.41) is 3.06. The highest BCUT2D eigenvalue weighted by atomic mass is 19.1.